The number of carbonyl (C=O) groups is 2. The van der Waals surface area contributed by atoms with E-state index in [0.717, 1.165) is 5.56 Å². The van der Waals surface area contributed by atoms with E-state index < -0.39 is 11.8 Å². The molecule has 0 spiro atoms. The van der Waals surface area contributed by atoms with E-state index in [9.17, 15) is 9.59 Å². The summed E-state index contributed by atoms with van der Waals surface area (Å²) in [6.07, 6.45) is 0. The fraction of sp³-hybridized carbons (Fsp3) is 0.105. The third-order valence-corrected chi connectivity index (χ3v) is 3.90. The number of fused-ring (bicyclic) bond motifs is 1. The van der Waals surface area contributed by atoms with Gasteiger partial charge in [0, 0.05) is 17.2 Å². The van der Waals surface area contributed by atoms with Gasteiger partial charge in [-0.2, -0.15) is 0 Å². The number of hydrogen-bond donors (Lipinski definition) is 2. The van der Waals surface area contributed by atoms with Gasteiger partial charge in [0.05, 0.1) is 0 Å². The summed E-state index contributed by atoms with van der Waals surface area (Å²) in [6.45, 7) is 0.891. The quantitative estimate of drug-likeness (QED) is 0.690. The minimum absolute atomic E-state index is 0.0522. The maximum absolute atomic E-state index is 12.2. The highest BCUT2D eigenvalue weighted by Crippen LogP contribution is 2.30. The van der Waals surface area contributed by atoms with Crippen LogP contribution in [0.25, 0.3) is 11.3 Å². The first kappa shape index (κ1) is 16.6. The van der Waals surface area contributed by atoms with Gasteiger partial charge in [-0.15, -0.1) is 0 Å². The van der Waals surface area contributed by atoms with Crippen molar-refractivity contribution >= 4 is 11.8 Å². The zero-order valence-electron chi connectivity index (χ0n) is 14.1. The number of carbonyl (C=O) groups excluding carboxylic acids is 2. The van der Waals surface area contributed by atoms with Crippen molar-refractivity contribution in [3.63, 3.8) is 0 Å². The molecular formula is C19H15N3O5. The lowest BCUT2D eigenvalue weighted by Crippen LogP contribution is -2.41. The first-order valence-electron chi connectivity index (χ1n) is 8.23. The average Bonchev–Trinajstić information content (AvgIpc) is 3.22. The molecule has 0 saturated carbocycles. The maximum Gasteiger partial charge on any atom is 0.291 e. The second-order valence-electron chi connectivity index (χ2n) is 5.71. The van der Waals surface area contributed by atoms with Crippen molar-refractivity contribution < 1.29 is 23.6 Å². The average molecular weight is 365 g/mol. The third-order valence-electron chi connectivity index (χ3n) is 3.90. The summed E-state index contributed by atoms with van der Waals surface area (Å²) in [5, 5.41) is 3.73. The van der Waals surface area contributed by atoms with E-state index in [1.54, 1.807) is 18.2 Å². The second kappa shape index (κ2) is 7.20. The first-order chi connectivity index (χ1) is 13.2. The Labute approximate surface area is 154 Å². The number of hydrogen-bond acceptors (Lipinski definition) is 6. The number of benzene rings is 2. The Morgan fingerprint density at radius 2 is 1.59 bits per heavy atom. The van der Waals surface area contributed by atoms with Gasteiger partial charge in [-0.05, 0) is 18.2 Å². The van der Waals surface area contributed by atoms with Crippen molar-refractivity contribution in [2.45, 2.75) is 0 Å². The Hall–Kier alpha value is -3.81. The van der Waals surface area contributed by atoms with Crippen LogP contribution in [0.1, 0.15) is 20.8 Å². The van der Waals surface area contributed by atoms with Crippen LogP contribution in [0, 0.1) is 0 Å². The number of rotatable bonds is 3. The van der Waals surface area contributed by atoms with Crippen molar-refractivity contribution in [1.82, 2.24) is 16.0 Å². The lowest BCUT2D eigenvalue weighted by molar-refractivity contribution is 0.0841. The summed E-state index contributed by atoms with van der Waals surface area (Å²) in [5.41, 5.74) is 5.82. The van der Waals surface area contributed by atoms with E-state index in [1.807, 2.05) is 30.3 Å². The summed E-state index contributed by atoms with van der Waals surface area (Å²) < 4.78 is 16.0. The standard InChI is InChI=1S/C19H15N3O5/c23-18(13-6-7-15-17(10-13)26-9-8-25-15)20-21-19(24)14-11-16(27-22-14)12-4-2-1-3-5-12/h1-7,10-11H,8-9H2,(H,20,23)(H,21,24). The number of aromatic nitrogens is 1. The maximum atomic E-state index is 12.2. The molecular weight excluding hydrogens is 350 g/mol. The fourth-order valence-electron chi connectivity index (χ4n) is 2.56. The molecule has 27 heavy (non-hydrogen) atoms. The van der Waals surface area contributed by atoms with Gasteiger partial charge in [-0.3, -0.25) is 20.4 Å². The van der Waals surface area contributed by atoms with Crippen molar-refractivity contribution in [3.05, 3.63) is 65.9 Å². The van der Waals surface area contributed by atoms with Gasteiger partial charge in [-0.25, -0.2) is 0 Å². The minimum Gasteiger partial charge on any atom is -0.486 e. The van der Waals surface area contributed by atoms with E-state index in [2.05, 4.69) is 16.0 Å². The molecule has 136 valence electrons. The molecule has 0 saturated heterocycles. The van der Waals surface area contributed by atoms with Gasteiger partial charge >= 0.3 is 0 Å². The van der Waals surface area contributed by atoms with Crippen LogP contribution in [-0.2, 0) is 0 Å². The van der Waals surface area contributed by atoms with Gasteiger partial charge in [0.2, 0.25) is 0 Å². The predicted octanol–water partition coefficient (Wildman–Crippen LogP) is 2.19. The molecule has 8 heteroatoms. The highest BCUT2D eigenvalue weighted by molar-refractivity contribution is 5.98. The van der Waals surface area contributed by atoms with Crippen LogP contribution in [-0.4, -0.2) is 30.2 Å². The molecule has 2 heterocycles. The molecule has 8 nitrogen and oxygen atoms in total. The lowest BCUT2D eigenvalue weighted by atomic mass is 10.1. The van der Waals surface area contributed by atoms with Crippen LogP contribution in [0.5, 0.6) is 11.5 Å². The van der Waals surface area contributed by atoms with Crippen LogP contribution in [0.15, 0.2) is 59.1 Å². The zero-order valence-corrected chi connectivity index (χ0v) is 14.1. The largest absolute Gasteiger partial charge is 0.486 e. The van der Waals surface area contributed by atoms with Crippen LogP contribution < -0.4 is 20.3 Å². The Morgan fingerprint density at radius 3 is 2.41 bits per heavy atom. The number of ether oxygens (including phenoxy) is 2. The number of hydrazine groups is 1. The zero-order chi connectivity index (χ0) is 18.6. The number of nitrogens with zero attached hydrogens (tertiary/aromatic N) is 1. The van der Waals surface area contributed by atoms with Crippen LogP contribution in [0.3, 0.4) is 0 Å². The molecule has 1 aromatic heterocycles. The van der Waals surface area contributed by atoms with E-state index in [-0.39, 0.29) is 5.69 Å². The molecule has 0 fully saturated rings. The van der Waals surface area contributed by atoms with Gasteiger partial charge in [0.15, 0.2) is 23.0 Å². The third kappa shape index (κ3) is 3.59. The molecule has 0 radical (unpaired) electrons. The van der Waals surface area contributed by atoms with Crippen LogP contribution >= 0.6 is 0 Å². The fourth-order valence-corrected chi connectivity index (χ4v) is 2.56. The minimum atomic E-state index is -0.591. The second-order valence-corrected chi connectivity index (χ2v) is 5.71. The van der Waals surface area contributed by atoms with Crippen molar-refractivity contribution in [1.29, 1.82) is 0 Å². The SMILES string of the molecule is O=C(NNC(=O)c1cc(-c2ccccc2)on1)c1ccc2c(c1)OCCO2. The highest BCUT2D eigenvalue weighted by Gasteiger charge is 2.17. The van der Waals surface area contributed by atoms with E-state index >= 15 is 0 Å². The molecule has 2 aromatic carbocycles. The molecule has 0 unspecified atom stereocenters. The normalized spacial score (nSPS) is 12.3. The molecule has 1 aliphatic heterocycles. The highest BCUT2D eigenvalue weighted by atomic mass is 16.6. The van der Waals surface area contributed by atoms with Gasteiger partial charge in [0.1, 0.15) is 13.2 Å². The molecule has 2 amide bonds. The lowest BCUT2D eigenvalue weighted by Gasteiger charge is -2.18. The molecule has 0 bridgehead atoms. The Bertz CT molecular complexity index is 984. The number of amides is 2. The summed E-state index contributed by atoms with van der Waals surface area (Å²) in [7, 11) is 0. The molecule has 4 rings (SSSR count). The van der Waals surface area contributed by atoms with Gasteiger partial charge in [0.25, 0.3) is 11.8 Å². The molecule has 2 N–H and O–H groups in total. The van der Waals surface area contributed by atoms with Crippen LogP contribution in [0.2, 0.25) is 0 Å². The predicted molar refractivity (Wildman–Crippen MR) is 94.3 cm³/mol. The smallest absolute Gasteiger partial charge is 0.291 e. The summed E-state index contributed by atoms with van der Waals surface area (Å²) in [5.74, 6) is 0.444. The Morgan fingerprint density at radius 1 is 0.852 bits per heavy atom. The van der Waals surface area contributed by atoms with Crippen LogP contribution in [0.4, 0.5) is 0 Å². The molecule has 3 aromatic rings. The first-order valence-corrected chi connectivity index (χ1v) is 8.23. The summed E-state index contributed by atoms with van der Waals surface area (Å²) in [6, 6.07) is 15.5. The Balaban J connectivity index is 1.39. The van der Waals surface area contributed by atoms with Crippen molar-refractivity contribution in [3.8, 4) is 22.8 Å². The number of nitrogens with one attached hydrogen (secondary N) is 2. The summed E-state index contributed by atoms with van der Waals surface area (Å²) >= 11 is 0. The molecule has 0 atom stereocenters. The van der Waals surface area contributed by atoms with Gasteiger partial charge in [-0.1, -0.05) is 35.5 Å². The monoisotopic (exact) mass is 365 g/mol. The molecule has 1 aliphatic rings. The van der Waals surface area contributed by atoms with E-state index in [1.165, 1.54) is 6.07 Å². The van der Waals surface area contributed by atoms with Crippen molar-refractivity contribution in [2.75, 3.05) is 13.2 Å². The van der Waals surface area contributed by atoms with Crippen molar-refractivity contribution in [2.24, 2.45) is 0 Å². The molecule has 0 aliphatic carbocycles. The van der Waals surface area contributed by atoms with E-state index in [0.29, 0.717) is 36.0 Å². The topological polar surface area (TPSA) is 103 Å². The van der Waals surface area contributed by atoms with Gasteiger partial charge < -0.3 is 14.0 Å². The summed E-state index contributed by atoms with van der Waals surface area (Å²) in [4.78, 5) is 24.4. The van der Waals surface area contributed by atoms with E-state index in [4.69, 9.17) is 14.0 Å². The Kier molecular flexibility index (Phi) is 4.44.